The van der Waals surface area contributed by atoms with Crippen molar-refractivity contribution in [2.24, 2.45) is 0 Å². The highest BCUT2D eigenvalue weighted by Crippen LogP contribution is 2.22. The minimum atomic E-state index is 0.105. The number of H-pyrrole nitrogens is 1. The highest BCUT2D eigenvalue weighted by Gasteiger charge is 2.15. The molecular weight excluding hydrogens is 348 g/mol. The number of nitrogens with one attached hydrogen (secondary N) is 2. The van der Waals surface area contributed by atoms with Gasteiger partial charge in [0.15, 0.2) is 0 Å². The summed E-state index contributed by atoms with van der Waals surface area (Å²) in [5, 5.41) is 4.34. The maximum absolute atomic E-state index is 12.3. The fraction of sp³-hybridized carbons (Fsp3) is 0.391. The number of fused-ring (bicyclic) bond motifs is 1. The Bertz CT molecular complexity index is 927. The molecule has 1 fully saturated rings. The third kappa shape index (κ3) is 4.35. The van der Waals surface area contributed by atoms with E-state index in [2.05, 4.69) is 50.6 Å². The van der Waals surface area contributed by atoms with Gasteiger partial charge in [0.05, 0.1) is 0 Å². The maximum atomic E-state index is 12.3. The molecule has 28 heavy (non-hydrogen) atoms. The van der Waals surface area contributed by atoms with Crippen molar-refractivity contribution in [2.45, 2.75) is 45.1 Å². The topological polar surface area (TPSA) is 61.0 Å². The lowest BCUT2D eigenvalue weighted by Crippen LogP contribution is -2.32. The molecule has 2 N–H and O–H groups in total. The van der Waals surface area contributed by atoms with Gasteiger partial charge in [0.1, 0.15) is 5.82 Å². The van der Waals surface area contributed by atoms with Crippen molar-refractivity contribution in [2.75, 3.05) is 18.0 Å². The number of rotatable bonds is 7. The minimum absolute atomic E-state index is 0.105. The summed E-state index contributed by atoms with van der Waals surface area (Å²) in [6.45, 7) is 2.66. The van der Waals surface area contributed by atoms with E-state index in [0.717, 1.165) is 42.8 Å². The van der Waals surface area contributed by atoms with Gasteiger partial charge in [-0.1, -0.05) is 24.3 Å². The van der Waals surface area contributed by atoms with Crippen molar-refractivity contribution in [3.8, 4) is 0 Å². The van der Waals surface area contributed by atoms with Gasteiger partial charge in [-0.3, -0.25) is 4.79 Å². The van der Waals surface area contributed by atoms with Crippen LogP contribution in [0.2, 0.25) is 0 Å². The summed E-state index contributed by atoms with van der Waals surface area (Å²) < 4.78 is 0. The van der Waals surface area contributed by atoms with E-state index in [1.807, 2.05) is 18.3 Å². The second-order valence-corrected chi connectivity index (χ2v) is 7.52. The van der Waals surface area contributed by atoms with Crippen LogP contribution in [0.15, 0.2) is 48.8 Å². The van der Waals surface area contributed by atoms with Crippen LogP contribution in [0.3, 0.4) is 0 Å². The van der Waals surface area contributed by atoms with Gasteiger partial charge >= 0.3 is 0 Å². The van der Waals surface area contributed by atoms with Crippen LogP contribution in [0, 0.1) is 0 Å². The third-order valence-corrected chi connectivity index (χ3v) is 5.52. The van der Waals surface area contributed by atoms with E-state index in [9.17, 15) is 4.79 Å². The Hall–Kier alpha value is -2.82. The number of aryl methyl sites for hydroxylation is 1. The van der Waals surface area contributed by atoms with Crippen molar-refractivity contribution in [3.05, 3.63) is 59.9 Å². The number of benzene rings is 1. The Morgan fingerprint density at radius 2 is 1.93 bits per heavy atom. The molecule has 0 atom stereocenters. The zero-order chi connectivity index (χ0) is 19.2. The molecule has 1 aliphatic heterocycles. The van der Waals surface area contributed by atoms with Gasteiger partial charge in [-0.25, -0.2) is 4.98 Å². The molecule has 5 heteroatoms. The van der Waals surface area contributed by atoms with Gasteiger partial charge in [-0.05, 0) is 49.8 Å². The molecule has 1 amide bonds. The van der Waals surface area contributed by atoms with Crippen LogP contribution in [0.25, 0.3) is 10.9 Å². The lowest BCUT2D eigenvalue weighted by atomic mass is 10.1. The molecule has 0 bridgehead atoms. The van der Waals surface area contributed by atoms with Crippen LogP contribution in [-0.4, -0.2) is 29.0 Å². The summed E-state index contributed by atoms with van der Waals surface area (Å²) in [5.74, 6) is 1.13. The molecule has 0 aliphatic carbocycles. The zero-order valence-electron chi connectivity index (χ0n) is 16.3. The largest absolute Gasteiger partial charge is 0.361 e. The average Bonchev–Trinajstić information content (AvgIpc) is 3.16. The number of carbonyl (C=O) groups is 1. The average molecular weight is 377 g/mol. The smallest absolute Gasteiger partial charge is 0.220 e. The minimum Gasteiger partial charge on any atom is -0.361 e. The van der Waals surface area contributed by atoms with E-state index < -0.39 is 0 Å². The fourth-order valence-corrected chi connectivity index (χ4v) is 4.02. The number of aromatic nitrogens is 2. The zero-order valence-corrected chi connectivity index (χ0v) is 16.3. The Balaban J connectivity index is 1.28. The van der Waals surface area contributed by atoms with Crippen LogP contribution in [0.5, 0.6) is 0 Å². The maximum Gasteiger partial charge on any atom is 0.220 e. The van der Waals surface area contributed by atoms with Gasteiger partial charge < -0.3 is 15.2 Å². The second kappa shape index (κ2) is 8.91. The van der Waals surface area contributed by atoms with E-state index >= 15 is 0 Å². The molecule has 1 aromatic carbocycles. The van der Waals surface area contributed by atoms with Gasteiger partial charge in [0, 0.05) is 54.9 Å². The Labute approximate surface area is 166 Å². The van der Waals surface area contributed by atoms with E-state index in [1.165, 1.54) is 30.2 Å². The summed E-state index contributed by atoms with van der Waals surface area (Å²) in [6, 6.07) is 12.3. The SMILES string of the molecule is O=C(CCCc1c[nH]c2ccccc12)NCc1cccnc1N1CCCCC1. The fourth-order valence-electron chi connectivity index (χ4n) is 4.02. The first-order chi connectivity index (χ1) is 13.8. The molecule has 0 saturated carbocycles. The molecule has 3 aromatic rings. The molecule has 0 spiro atoms. The molecule has 3 heterocycles. The first kappa shape index (κ1) is 18.5. The van der Waals surface area contributed by atoms with Crippen LogP contribution < -0.4 is 10.2 Å². The standard InChI is InChI=1S/C23H28N4O/c28-22(12-6-8-18-16-25-21-11-3-2-10-20(18)21)26-17-19-9-7-13-24-23(19)27-14-4-1-5-15-27/h2-3,7,9-11,13,16,25H,1,4-6,8,12,14-15,17H2,(H,26,28). The van der Waals surface area contributed by atoms with Crippen LogP contribution >= 0.6 is 0 Å². The van der Waals surface area contributed by atoms with E-state index in [-0.39, 0.29) is 5.91 Å². The van der Waals surface area contributed by atoms with Gasteiger partial charge in [-0.2, -0.15) is 0 Å². The lowest BCUT2D eigenvalue weighted by Gasteiger charge is -2.29. The summed E-state index contributed by atoms with van der Waals surface area (Å²) in [5.41, 5.74) is 3.54. The molecule has 0 radical (unpaired) electrons. The number of anilines is 1. The quantitative estimate of drug-likeness (QED) is 0.650. The third-order valence-electron chi connectivity index (χ3n) is 5.52. The molecule has 5 nitrogen and oxygen atoms in total. The van der Waals surface area contributed by atoms with Crippen molar-refractivity contribution in [3.63, 3.8) is 0 Å². The molecule has 146 valence electrons. The molecule has 1 aliphatic rings. The number of hydrogen-bond acceptors (Lipinski definition) is 3. The number of hydrogen-bond donors (Lipinski definition) is 2. The highest BCUT2D eigenvalue weighted by molar-refractivity contribution is 5.83. The van der Waals surface area contributed by atoms with Crippen LogP contribution in [-0.2, 0) is 17.8 Å². The Morgan fingerprint density at radius 3 is 2.82 bits per heavy atom. The molecule has 0 unspecified atom stereocenters. The number of para-hydroxylation sites is 1. The van der Waals surface area contributed by atoms with E-state index in [0.29, 0.717) is 13.0 Å². The van der Waals surface area contributed by atoms with Crippen molar-refractivity contribution in [1.82, 2.24) is 15.3 Å². The predicted molar refractivity (Wildman–Crippen MR) is 113 cm³/mol. The molecular formula is C23H28N4O. The summed E-state index contributed by atoms with van der Waals surface area (Å²) in [6.07, 6.45) is 9.93. The number of aromatic amines is 1. The van der Waals surface area contributed by atoms with Crippen LogP contribution in [0.4, 0.5) is 5.82 Å². The first-order valence-electron chi connectivity index (χ1n) is 10.3. The van der Waals surface area contributed by atoms with Gasteiger partial charge in [-0.15, -0.1) is 0 Å². The number of nitrogens with zero attached hydrogens (tertiary/aromatic N) is 2. The Morgan fingerprint density at radius 1 is 1.07 bits per heavy atom. The summed E-state index contributed by atoms with van der Waals surface area (Å²) >= 11 is 0. The van der Waals surface area contributed by atoms with Crippen LogP contribution in [0.1, 0.15) is 43.2 Å². The second-order valence-electron chi connectivity index (χ2n) is 7.52. The highest BCUT2D eigenvalue weighted by atomic mass is 16.1. The number of piperidine rings is 1. The lowest BCUT2D eigenvalue weighted by molar-refractivity contribution is -0.121. The van der Waals surface area contributed by atoms with E-state index in [4.69, 9.17) is 0 Å². The number of carbonyl (C=O) groups excluding carboxylic acids is 1. The molecule has 1 saturated heterocycles. The van der Waals surface area contributed by atoms with Gasteiger partial charge in [0.25, 0.3) is 0 Å². The number of pyridine rings is 1. The number of amides is 1. The molecule has 2 aromatic heterocycles. The van der Waals surface area contributed by atoms with Crippen molar-refractivity contribution < 1.29 is 4.79 Å². The summed E-state index contributed by atoms with van der Waals surface area (Å²) in [4.78, 5) is 22.6. The van der Waals surface area contributed by atoms with E-state index in [1.54, 1.807) is 0 Å². The monoisotopic (exact) mass is 376 g/mol. The molecule has 4 rings (SSSR count). The van der Waals surface area contributed by atoms with Crippen molar-refractivity contribution >= 4 is 22.6 Å². The predicted octanol–water partition coefficient (Wildman–Crippen LogP) is 4.19. The first-order valence-corrected chi connectivity index (χ1v) is 10.3. The normalized spacial score (nSPS) is 14.4. The van der Waals surface area contributed by atoms with Gasteiger partial charge in [0.2, 0.25) is 5.91 Å². The van der Waals surface area contributed by atoms with Crippen molar-refractivity contribution in [1.29, 1.82) is 0 Å². The Kier molecular flexibility index (Phi) is 5.90. The summed E-state index contributed by atoms with van der Waals surface area (Å²) in [7, 11) is 0.